The minimum Gasteiger partial charge on any atom is -0.497 e. The number of nitro benzene ring substituents is 3. The Morgan fingerprint density at radius 2 is 1.37 bits per heavy atom. The van der Waals surface area contributed by atoms with Gasteiger partial charge in [-0.15, -0.1) is 0 Å². The average molecular weight is 410 g/mol. The lowest BCUT2D eigenvalue weighted by Crippen LogP contribution is -2.04. The van der Waals surface area contributed by atoms with Crippen molar-refractivity contribution in [2.45, 2.75) is 12.8 Å². The molecular weight excluding hydrogens is 396 g/mol. The third-order valence-electron chi connectivity index (χ3n) is 4.49. The highest BCUT2D eigenvalue weighted by molar-refractivity contribution is 5.69. The Hall–Kier alpha value is -4.41. The fraction of sp³-hybridized carbons (Fsp3) is 0.105. The minimum absolute atomic E-state index is 0.447. The molecule has 152 valence electrons. The van der Waals surface area contributed by atoms with Crippen molar-refractivity contribution in [3.63, 3.8) is 0 Å². The summed E-state index contributed by atoms with van der Waals surface area (Å²) in [4.78, 5) is 32.2. The molecule has 2 aromatic carbocycles. The van der Waals surface area contributed by atoms with Gasteiger partial charge in [0.1, 0.15) is 0 Å². The fourth-order valence-corrected chi connectivity index (χ4v) is 3.10. The van der Waals surface area contributed by atoms with Crippen LogP contribution in [0.1, 0.15) is 11.1 Å². The van der Waals surface area contributed by atoms with Crippen molar-refractivity contribution < 1.29 is 19.9 Å². The summed E-state index contributed by atoms with van der Waals surface area (Å²) in [5.41, 5.74) is 2.30. The molecular formula is C19H14N4O7. The van der Waals surface area contributed by atoms with Crippen LogP contribution in [0.25, 0.3) is 11.3 Å². The molecule has 0 fully saturated rings. The van der Waals surface area contributed by atoms with Crippen LogP contribution in [0.4, 0.5) is 17.1 Å². The van der Waals surface area contributed by atoms with Crippen LogP contribution in [-0.2, 0) is 12.8 Å². The highest BCUT2D eigenvalue weighted by Crippen LogP contribution is 2.39. The predicted molar refractivity (Wildman–Crippen MR) is 105 cm³/mol. The summed E-state index contributed by atoms with van der Waals surface area (Å²) in [6, 6.07) is 13.7. The Morgan fingerprint density at radius 1 is 0.800 bits per heavy atom. The standard InChI is InChI=1S/C13H11N.C6H3N3O7/c1-2-6-12-10(4-1)7-8-11-5-3-9-14-13(11)12;10-6-4(8(13)14)1-3(7(11)12)2-5(6)9(15)16/h1-6,9H,7-8H2;1-2,10H. The maximum atomic E-state index is 10.4. The van der Waals surface area contributed by atoms with E-state index >= 15 is 0 Å². The first-order valence-electron chi connectivity index (χ1n) is 8.62. The van der Waals surface area contributed by atoms with Crippen molar-refractivity contribution >= 4 is 17.1 Å². The molecule has 0 atom stereocenters. The number of aromatic hydroxyl groups is 1. The summed E-state index contributed by atoms with van der Waals surface area (Å²) < 4.78 is 0. The molecule has 4 rings (SSSR count). The van der Waals surface area contributed by atoms with Crippen LogP contribution < -0.4 is 0 Å². The molecule has 0 bridgehead atoms. The number of benzene rings is 2. The lowest BCUT2D eigenvalue weighted by atomic mass is 9.89. The number of fused-ring (bicyclic) bond motifs is 3. The number of non-ortho nitro benzene ring substituents is 1. The topological polar surface area (TPSA) is 163 Å². The zero-order valence-electron chi connectivity index (χ0n) is 15.3. The molecule has 0 amide bonds. The van der Waals surface area contributed by atoms with Crippen molar-refractivity contribution in [2.24, 2.45) is 0 Å². The van der Waals surface area contributed by atoms with Crippen LogP contribution >= 0.6 is 0 Å². The third-order valence-corrected chi connectivity index (χ3v) is 4.49. The van der Waals surface area contributed by atoms with Crippen LogP contribution in [0.3, 0.4) is 0 Å². The predicted octanol–water partition coefficient (Wildman–Crippen LogP) is 3.96. The van der Waals surface area contributed by atoms with Crippen molar-refractivity contribution in [1.29, 1.82) is 0 Å². The number of nitrogens with zero attached hydrogens (tertiary/aromatic N) is 4. The number of aromatic nitrogens is 1. The van der Waals surface area contributed by atoms with E-state index in [1.165, 1.54) is 22.4 Å². The summed E-state index contributed by atoms with van der Waals surface area (Å²) in [6.45, 7) is 0. The second kappa shape index (κ2) is 8.31. The molecule has 0 radical (unpaired) electrons. The van der Waals surface area contributed by atoms with Crippen molar-refractivity contribution in [2.75, 3.05) is 0 Å². The molecule has 1 aliphatic carbocycles. The van der Waals surface area contributed by atoms with Gasteiger partial charge in [0.25, 0.3) is 11.4 Å². The highest BCUT2D eigenvalue weighted by Gasteiger charge is 2.30. The Kier molecular flexibility index (Phi) is 5.63. The Bertz CT molecular complexity index is 1080. The SMILES string of the molecule is O=[N+]([O-])c1cc([N+](=O)[O-])c(O)c([N+](=O)[O-])c1.c1ccc2c(c1)CCc1cccnc1-2. The van der Waals surface area contributed by atoms with E-state index in [1.54, 1.807) is 0 Å². The molecule has 1 heterocycles. The summed E-state index contributed by atoms with van der Waals surface area (Å²) in [7, 11) is 0. The van der Waals surface area contributed by atoms with Crippen LogP contribution in [0.15, 0.2) is 54.7 Å². The van der Waals surface area contributed by atoms with Crippen LogP contribution in [0, 0.1) is 30.3 Å². The molecule has 11 heteroatoms. The van der Waals surface area contributed by atoms with Gasteiger partial charge in [-0.1, -0.05) is 30.3 Å². The van der Waals surface area contributed by atoms with Gasteiger partial charge in [-0.25, -0.2) is 0 Å². The summed E-state index contributed by atoms with van der Waals surface area (Å²) in [5.74, 6) is -1.21. The quantitative estimate of drug-likeness (QED) is 0.501. The molecule has 1 aromatic heterocycles. The van der Waals surface area contributed by atoms with Crippen molar-refractivity contribution in [3.8, 4) is 17.0 Å². The van der Waals surface area contributed by atoms with E-state index in [0.717, 1.165) is 12.8 Å². The number of hydrogen-bond donors (Lipinski definition) is 1. The number of phenols is 1. The minimum atomic E-state index is -1.21. The summed E-state index contributed by atoms with van der Waals surface area (Å²) in [5, 5.41) is 40.2. The second-order valence-electron chi connectivity index (χ2n) is 6.27. The van der Waals surface area contributed by atoms with E-state index in [9.17, 15) is 30.3 Å². The van der Waals surface area contributed by atoms with Crippen LogP contribution in [-0.4, -0.2) is 24.9 Å². The lowest BCUT2D eigenvalue weighted by molar-refractivity contribution is -0.404. The van der Waals surface area contributed by atoms with E-state index in [0.29, 0.717) is 12.1 Å². The molecule has 3 aromatic rings. The van der Waals surface area contributed by atoms with E-state index < -0.39 is 37.6 Å². The summed E-state index contributed by atoms with van der Waals surface area (Å²) in [6.07, 6.45) is 4.15. The molecule has 1 N–H and O–H groups in total. The first-order chi connectivity index (χ1) is 14.3. The fourth-order valence-electron chi connectivity index (χ4n) is 3.10. The highest BCUT2D eigenvalue weighted by atomic mass is 16.6. The van der Waals surface area contributed by atoms with E-state index in [-0.39, 0.29) is 0 Å². The maximum Gasteiger partial charge on any atom is 0.324 e. The largest absolute Gasteiger partial charge is 0.497 e. The van der Waals surface area contributed by atoms with Crippen LogP contribution in [0.5, 0.6) is 5.75 Å². The van der Waals surface area contributed by atoms with Gasteiger partial charge in [-0.3, -0.25) is 35.3 Å². The van der Waals surface area contributed by atoms with Gasteiger partial charge < -0.3 is 5.11 Å². The smallest absolute Gasteiger partial charge is 0.324 e. The zero-order valence-corrected chi connectivity index (χ0v) is 15.3. The number of phenolic OH excluding ortho intramolecular Hbond substituents is 1. The lowest BCUT2D eigenvalue weighted by Gasteiger charge is -2.17. The average Bonchev–Trinajstić information content (AvgIpc) is 2.73. The maximum absolute atomic E-state index is 10.4. The van der Waals surface area contributed by atoms with Crippen molar-refractivity contribution in [3.05, 3.63) is 96.2 Å². The number of pyridine rings is 1. The third kappa shape index (κ3) is 4.04. The van der Waals surface area contributed by atoms with Gasteiger partial charge in [-0.05, 0) is 30.0 Å². The van der Waals surface area contributed by atoms with Gasteiger partial charge in [-0.2, -0.15) is 0 Å². The van der Waals surface area contributed by atoms with Crippen LogP contribution in [0.2, 0.25) is 0 Å². The number of aryl methyl sites for hydroxylation is 2. The van der Waals surface area contributed by atoms with E-state index in [2.05, 4.69) is 35.3 Å². The number of rotatable bonds is 3. The zero-order chi connectivity index (χ0) is 21.8. The molecule has 0 saturated carbocycles. The Balaban J connectivity index is 0.000000171. The van der Waals surface area contributed by atoms with E-state index in [1.807, 2.05) is 12.3 Å². The van der Waals surface area contributed by atoms with E-state index in [4.69, 9.17) is 5.11 Å². The molecule has 0 spiro atoms. The molecule has 0 saturated heterocycles. The molecule has 0 aliphatic heterocycles. The molecule has 11 nitrogen and oxygen atoms in total. The monoisotopic (exact) mass is 410 g/mol. The van der Waals surface area contributed by atoms with Gasteiger partial charge in [0, 0.05) is 11.8 Å². The van der Waals surface area contributed by atoms with Crippen molar-refractivity contribution in [1.82, 2.24) is 4.98 Å². The number of nitro groups is 3. The van der Waals surface area contributed by atoms with Gasteiger partial charge >= 0.3 is 11.4 Å². The number of hydrogen-bond acceptors (Lipinski definition) is 8. The second-order valence-corrected chi connectivity index (χ2v) is 6.27. The van der Waals surface area contributed by atoms with Gasteiger partial charge in [0.05, 0.1) is 32.6 Å². The first-order valence-corrected chi connectivity index (χ1v) is 8.62. The molecule has 0 unspecified atom stereocenters. The van der Waals surface area contributed by atoms with Gasteiger partial charge in [0.2, 0.25) is 0 Å². The van der Waals surface area contributed by atoms with Gasteiger partial charge in [0.15, 0.2) is 0 Å². The Labute approximate surface area is 168 Å². The molecule has 30 heavy (non-hydrogen) atoms. The normalized spacial score (nSPS) is 11.3. The molecule has 1 aliphatic rings. The summed E-state index contributed by atoms with van der Waals surface area (Å²) >= 11 is 0. The Morgan fingerprint density at radius 3 is 1.97 bits per heavy atom. The first kappa shape index (κ1) is 20.3.